The molecule has 1 aliphatic rings. The monoisotopic (exact) mass is 459 g/mol. The van der Waals surface area contributed by atoms with E-state index in [-0.39, 0.29) is 34.8 Å². The average molecular weight is 459 g/mol. The number of nitrogens with one attached hydrogen (secondary N) is 3. The molecule has 2 aromatic heterocycles. The molecule has 0 spiro atoms. The molecule has 0 aliphatic carbocycles. The molecule has 0 fully saturated rings. The second-order valence-electron chi connectivity index (χ2n) is 8.59. The third-order valence-corrected chi connectivity index (χ3v) is 6.13. The molecule has 0 unspecified atom stereocenters. The number of nitrogens with zero attached hydrogens (tertiary/aromatic N) is 2. The van der Waals surface area contributed by atoms with Gasteiger partial charge in [0, 0.05) is 19.3 Å². The minimum absolute atomic E-state index is 0.111. The standard InChI is InChI=1S/C25H22FN5O3/c1-12-4-5-15(26)9-14(12)8-13(2)28-18-6-7-27-23(32)21(18)22-29-19-10-16-17(11-20(19)30-22)25(34)31(3)24(16)33/h4-7,9-11,13H,8H2,1-3H3,(H,29,30)(H2,27,28,32)/t13-/m1/s1. The molecule has 0 saturated heterocycles. The van der Waals surface area contributed by atoms with E-state index in [9.17, 15) is 18.8 Å². The summed E-state index contributed by atoms with van der Waals surface area (Å²) in [6.45, 7) is 3.88. The van der Waals surface area contributed by atoms with E-state index >= 15 is 0 Å². The van der Waals surface area contributed by atoms with Crippen LogP contribution in [0, 0.1) is 12.7 Å². The molecule has 2 aromatic carbocycles. The molecule has 1 aliphatic heterocycles. The third kappa shape index (κ3) is 3.55. The van der Waals surface area contributed by atoms with E-state index in [0.29, 0.717) is 40.1 Å². The van der Waals surface area contributed by atoms with E-state index in [1.54, 1.807) is 30.5 Å². The number of H-pyrrole nitrogens is 2. The van der Waals surface area contributed by atoms with Gasteiger partial charge in [0.05, 0.1) is 27.8 Å². The van der Waals surface area contributed by atoms with Crippen molar-refractivity contribution in [3.05, 3.63) is 81.0 Å². The zero-order valence-corrected chi connectivity index (χ0v) is 18.8. The predicted molar refractivity (Wildman–Crippen MR) is 127 cm³/mol. The highest BCUT2D eigenvalue weighted by Crippen LogP contribution is 2.30. The number of halogens is 1. The van der Waals surface area contributed by atoms with Crippen molar-refractivity contribution >= 4 is 28.5 Å². The van der Waals surface area contributed by atoms with Crippen LogP contribution >= 0.6 is 0 Å². The summed E-state index contributed by atoms with van der Waals surface area (Å²) in [5.74, 6) is -0.736. The number of aromatic amines is 2. The summed E-state index contributed by atoms with van der Waals surface area (Å²) in [4.78, 5) is 48.8. The zero-order valence-electron chi connectivity index (χ0n) is 18.8. The van der Waals surface area contributed by atoms with Crippen LogP contribution in [0.15, 0.2) is 47.4 Å². The summed E-state index contributed by atoms with van der Waals surface area (Å²) in [5.41, 5.74) is 3.99. The van der Waals surface area contributed by atoms with Gasteiger partial charge in [-0.3, -0.25) is 19.3 Å². The summed E-state index contributed by atoms with van der Waals surface area (Å²) in [6, 6.07) is 9.47. The Labute approximate surface area is 193 Å². The summed E-state index contributed by atoms with van der Waals surface area (Å²) < 4.78 is 13.7. The molecule has 5 rings (SSSR count). The quantitative estimate of drug-likeness (QED) is 0.395. The van der Waals surface area contributed by atoms with E-state index in [1.165, 1.54) is 19.2 Å². The van der Waals surface area contributed by atoms with Crippen LogP contribution < -0.4 is 10.9 Å². The van der Waals surface area contributed by atoms with E-state index < -0.39 is 0 Å². The number of rotatable bonds is 5. The molecule has 4 aromatic rings. The highest BCUT2D eigenvalue weighted by molar-refractivity contribution is 6.22. The summed E-state index contributed by atoms with van der Waals surface area (Å²) in [6.07, 6.45) is 2.10. The largest absolute Gasteiger partial charge is 0.381 e. The number of carbonyl (C=O) groups excluding carboxylic acids is 2. The first-order valence-corrected chi connectivity index (χ1v) is 10.8. The first-order chi connectivity index (χ1) is 16.2. The molecule has 9 heteroatoms. The van der Waals surface area contributed by atoms with Crippen molar-refractivity contribution < 1.29 is 14.0 Å². The number of carbonyl (C=O) groups is 2. The number of hydrogen-bond donors (Lipinski definition) is 3. The van der Waals surface area contributed by atoms with Gasteiger partial charge in [0.15, 0.2) is 0 Å². The van der Waals surface area contributed by atoms with E-state index in [2.05, 4.69) is 20.3 Å². The van der Waals surface area contributed by atoms with Crippen molar-refractivity contribution in [2.45, 2.75) is 26.3 Å². The molecule has 172 valence electrons. The van der Waals surface area contributed by atoms with Crippen LogP contribution in [0.3, 0.4) is 0 Å². The highest BCUT2D eigenvalue weighted by atomic mass is 19.1. The summed E-state index contributed by atoms with van der Waals surface area (Å²) in [7, 11) is 1.44. The number of anilines is 1. The maximum absolute atomic E-state index is 13.7. The molecule has 0 saturated carbocycles. The molecular weight excluding hydrogens is 437 g/mol. The highest BCUT2D eigenvalue weighted by Gasteiger charge is 2.33. The molecule has 1 atom stereocenters. The number of benzene rings is 2. The Kier molecular flexibility index (Phi) is 5.04. The van der Waals surface area contributed by atoms with Crippen molar-refractivity contribution in [2.24, 2.45) is 0 Å². The third-order valence-electron chi connectivity index (χ3n) is 6.13. The average Bonchev–Trinajstić information content (AvgIpc) is 3.29. The van der Waals surface area contributed by atoms with Crippen LogP contribution in [-0.2, 0) is 6.42 Å². The Hall–Kier alpha value is -4.27. The van der Waals surface area contributed by atoms with Crippen LogP contribution in [-0.4, -0.2) is 44.8 Å². The topological polar surface area (TPSA) is 111 Å². The van der Waals surface area contributed by atoms with E-state index in [0.717, 1.165) is 16.0 Å². The summed E-state index contributed by atoms with van der Waals surface area (Å²) in [5, 5.41) is 3.34. The Morgan fingerprint density at radius 2 is 1.82 bits per heavy atom. The summed E-state index contributed by atoms with van der Waals surface area (Å²) >= 11 is 0. The molecule has 2 amide bonds. The number of imide groups is 1. The molecule has 0 radical (unpaired) electrons. The number of pyridine rings is 1. The predicted octanol–water partition coefficient (Wildman–Crippen LogP) is 3.63. The van der Waals surface area contributed by atoms with E-state index in [4.69, 9.17) is 0 Å². The van der Waals surface area contributed by atoms with Gasteiger partial charge in [-0.2, -0.15) is 0 Å². The fraction of sp³-hybridized carbons (Fsp3) is 0.200. The number of aryl methyl sites for hydroxylation is 1. The molecular formula is C25H22FN5O3. The number of aromatic nitrogens is 3. The van der Waals surface area contributed by atoms with Gasteiger partial charge in [0.1, 0.15) is 17.2 Å². The van der Waals surface area contributed by atoms with Crippen LogP contribution in [0.4, 0.5) is 10.1 Å². The SMILES string of the molecule is Cc1ccc(F)cc1C[C@@H](C)Nc1cc[nH]c(=O)c1-c1nc2cc3c(cc2[nH]1)C(=O)N(C)C3=O. The first-order valence-electron chi connectivity index (χ1n) is 10.8. The fourth-order valence-corrected chi connectivity index (χ4v) is 4.32. The van der Waals surface area contributed by atoms with Crippen LogP contribution in [0.5, 0.6) is 0 Å². The van der Waals surface area contributed by atoms with Crippen molar-refractivity contribution in [1.29, 1.82) is 0 Å². The van der Waals surface area contributed by atoms with Crippen LogP contribution in [0.1, 0.15) is 38.8 Å². The Morgan fingerprint density at radius 3 is 2.59 bits per heavy atom. The lowest BCUT2D eigenvalue weighted by molar-refractivity contribution is 0.0693. The molecule has 8 nitrogen and oxygen atoms in total. The molecule has 34 heavy (non-hydrogen) atoms. The van der Waals surface area contributed by atoms with Crippen molar-refractivity contribution in [3.63, 3.8) is 0 Å². The maximum Gasteiger partial charge on any atom is 0.261 e. The minimum atomic E-state index is -0.382. The van der Waals surface area contributed by atoms with Gasteiger partial charge in [-0.05, 0) is 61.7 Å². The van der Waals surface area contributed by atoms with Crippen LogP contribution in [0.25, 0.3) is 22.4 Å². The van der Waals surface area contributed by atoms with Gasteiger partial charge in [-0.25, -0.2) is 9.37 Å². The maximum atomic E-state index is 13.7. The van der Waals surface area contributed by atoms with Gasteiger partial charge in [-0.15, -0.1) is 0 Å². The normalized spacial score (nSPS) is 14.1. The Morgan fingerprint density at radius 1 is 1.09 bits per heavy atom. The van der Waals surface area contributed by atoms with Gasteiger partial charge in [-0.1, -0.05) is 6.07 Å². The van der Waals surface area contributed by atoms with Crippen molar-refractivity contribution in [2.75, 3.05) is 12.4 Å². The number of hydrogen-bond acceptors (Lipinski definition) is 5. The van der Waals surface area contributed by atoms with Crippen molar-refractivity contribution in [3.8, 4) is 11.4 Å². The second kappa shape index (κ2) is 7.95. The Bertz CT molecular complexity index is 1480. The van der Waals surface area contributed by atoms with Gasteiger partial charge in [0.2, 0.25) is 0 Å². The molecule has 3 heterocycles. The smallest absolute Gasteiger partial charge is 0.261 e. The first kappa shape index (κ1) is 21.6. The zero-order chi connectivity index (χ0) is 24.1. The minimum Gasteiger partial charge on any atom is -0.381 e. The number of imidazole rings is 1. The fourth-order valence-electron chi connectivity index (χ4n) is 4.32. The second-order valence-corrected chi connectivity index (χ2v) is 8.59. The molecule has 3 N–H and O–H groups in total. The number of amides is 2. The van der Waals surface area contributed by atoms with Gasteiger partial charge < -0.3 is 15.3 Å². The van der Waals surface area contributed by atoms with Crippen molar-refractivity contribution in [1.82, 2.24) is 19.9 Å². The van der Waals surface area contributed by atoms with E-state index in [1.807, 2.05) is 13.8 Å². The lowest BCUT2D eigenvalue weighted by Crippen LogP contribution is -2.24. The van der Waals surface area contributed by atoms with Crippen LogP contribution in [0.2, 0.25) is 0 Å². The van der Waals surface area contributed by atoms with Gasteiger partial charge in [0.25, 0.3) is 17.4 Å². The molecule has 0 bridgehead atoms. The lowest BCUT2D eigenvalue weighted by Gasteiger charge is -2.18. The Balaban J connectivity index is 1.50. The van der Waals surface area contributed by atoms with Gasteiger partial charge >= 0.3 is 0 Å². The lowest BCUT2D eigenvalue weighted by atomic mass is 10.0. The number of fused-ring (bicyclic) bond motifs is 2.